The molecule has 3 rings (SSSR count). The number of anilines is 2. The van der Waals surface area contributed by atoms with Gasteiger partial charge in [-0.2, -0.15) is 0 Å². The van der Waals surface area contributed by atoms with E-state index >= 15 is 0 Å². The molecule has 1 atom stereocenters. The average molecular weight is 267 g/mol. The minimum atomic E-state index is 0.576. The predicted molar refractivity (Wildman–Crippen MR) is 84.9 cm³/mol. The van der Waals surface area contributed by atoms with Gasteiger partial charge in [-0.25, -0.2) is 0 Å². The van der Waals surface area contributed by atoms with Crippen LogP contribution in [0.2, 0.25) is 0 Å². The Morgan fingerprint density at radius 1 is 1.11 bits per heavy atom. The lowest BCUT2D eigenvalue weighted by molar-refractivity contribution is 0.854. The maximum atomic E-state index is 3.88. The molecule has 2 aromatic rings. The van der Waals surface area contributed by atoms with Crippen LogP contribution in [0, 0.1) is 0 Å². The largest absolute Gasteiger partial charge is 0.284 e. The molecule has 0 aromatic heterocycles. The predicted octanol–water partition coefficient (Wildman–Crippen LogP) is 4.97. The molecule has 1 aliphatic heterocycles. The Hall–Kier alpha value is -1.67. The van der Waals surface area contributed by atoms with Crippen molar-refractivity contribution in [3.05, 3.63) is 72.8 Å². The van der Waals surface area contributed by atoms with Crippen LogP contribution in [0.15, 0.2) is 67.3 Å². The van der Waals surface area contributed by atoms with Crippen molar-refractivity contribution < 1.29 is 0 Å². The van der Waals surface area contributed by atoms with Crippen molar-refractivity contribution in [3.8, 4) is 0 Å². The molecule has 0 aliphatic carbocycles. The first-order valence-corrected chi connectivity index (χ1v) is 7.43. The van der Waals surface area contributed by atoms with E-state index in [9.17, 15) is 0 Å². The van der Waals surface area contributed by atoms with Crippen LogP contribution < -0.4 is 4.31 Å². The topological polar surface area (TPSA) is 3.24 Å². The fraction of sp³-hybridized carbons (Fsp3) is 0.176. The van der Waals surface area contributed by atoms with Gasteiger partial charge in [-0.3, -0.25) is 4.31 Å². The highest BCUT2D eigenvalue weighted by Gasteiger charge is 2.25. The molecule has 0 unspecified atom stereocenters. The van der Waals surface area contributed by atoms with Crippen molar-refractivity contribution in [2.75, 3.05) is 4.31 Å². The van der Waals surface area contributed by atoms with Crippen LogP contribution >= 0.6 is 11.9 Å². The molecule has 1 heterocycles. The fourth-order valence-corrected chi connectivity index (χ4v) is 3.76. The highest BCUT2D eigenvalue weighted by molar-refractivity contribution is 8.01. The molecule has 2 aromatic carbocycles. The third kappa shape index (κ3) is 2.54. The second kappa shape index (κ2) is 5.54. The van der Waals surface area contributed by atoms with Crippen molar-refractivity contribution in [3.63, 3.8) is 0 Å². The van der Waals surface area contributed by atoms with E-state index in [4.69, 9.17) is 0 Å². The Kier molecular flexibility index (Phi) is 3.60. The first kappa shape index (κ1) is 12.4. The SMILES string of the molecule is C=CC[C@H]1Cc2ccccc2N(c2ccccc2)S1. The molecule has 19 heavy (non-hydrogen) atoms. The molecular weight excluding hydrogens is 250 g/mol. The summed E-state index contributed by atoms with van der Waals surface area (Å²) in [5.74, 6) is 0. The minimum Gasteiger partial charge on any atom is -0.284 e. The van der Waals surface area contributed by atoms with E-state index < -0.39 is 0 Å². The molecule has 0 amide bonds. The Morgan fingerprint density at radius 2 is 1.84 bits per heavy atom. The molecule has 1 aliphatic rings. The molecule has 0 spiro atoms. The summed E-state index contributed by atoms with van der Waals surface area (Å²) >= 11 is 1.91. The average Bonchev–Trinajstić information content (AvgIpc) is 2.48. The molecule has 96 valence electrons. The number of benzene rings is 2. The number of fused-ring (bicyclic) bond motifs is 1. The summed E-state index contributed by atoms with van der Waals surface area (Å²) < 4.78 is 2.35. The summed E-state index contributed by atoms with van der Waals surface area (Å²) in [6, 6.07) is 19.3. The molecule has 2 heteroatoms. The lowest BCUT2D eigenvalue weighted by atomic mass is 10.0. The van der Waals surface area contributed by atoms with E-state index in [0.29, 0.717) is 5.25 Å². The summed E-state index contributed by atoms with van der Waals surface area (Å²) in [4.78, 5) is 0. The molecule has 0 radical (unpaired) electrons. The molecule has 0 bridgehead atoms. The van der Waals surface area contributed by atoms with Gasteiger partial charge in [0.15, 0.2) is 0 Å². The van der Waals surface area contributed by atoms with Gasteiger partial charge in [-0.1, -0.05) is 42.5 Å². The first-order chi connectivity index (χ1) is 9.38. The molecule has 0 saturated carbocycles. The van der Waals surface area contributed by atoms with Gasteiger partial charge >= 0.3 is 0 Å². The number of para-hydroxylation sites is 2. The van der Waals surface area contributed by atoms with E-state index in [1.807, 2.05) is 18.0 Å². The summed E-state index contributed by atoms with van der Waals surface area (Å²) in [6.45, 7) is 3.88. The number of nitrogens with zero attached hydrogens (tertiary/aromatic N) is 1. The Morgan fingerprint density at radius 3 is 2.63 bits per heavy atom. The Bertz CT molecular complexity index is 564. The summed E-state index contributed by atoms with van der Waals surface area (Å²) in [6.07, 6.45) is 4.19. The lowest BCUT2D eigenvalue weighted by Crippen LogP contribution is -2.23. The van der Waals surface area contributed by atoms with E-state index in [1.54, 1.807) is 0 Å². The van der Waals surface area contributed by atoms with Crippen LogP contribution in [0.1, 0.15) is 12.0 Å². The second-order valence-corrected chi connectivity index (χ2v) is 5.96. The zero-order valence-corrected chi connectivity index (χ0v) is 11.6. The second-order valence-electron chi connectivity index (χ2n) is 4.71. The van der Waals surface area contributed by atoms with E-state index in [2.05, 4.69) is 65.5 Å². The van der Waals surface area contributed by atoms with Gasteiger partial charge in [0.05, 0.1) is 11.4 Å². The third-order valence-corrected chi connectivity index (χ3v) is 4.61. The van der Waals surface area contributed by atoms with Gasteiger partial charge in [0.1, 0.15) is 0 Å². The van der Waals surface area contributed by atoms with Crippen molar-refractivity contribution in [1.29, 1.82) is 0 Å². The smallest absolute Gasteiger partial charge is 0.0557 e. The fourth-order valence-electron chi connectivity index (χ4n) is 2.45. The van der Waals surface area contributed by atoms with E-state index in [0.717, 1.165) is 12.8 Å². The number of hydrogen-bond donors (Lipinski definition) is 0. The molecule has 0 N–H and O–H groups in total. The van der Waals surface area contributed by atoms with Gasteiger partial charge < -0.3 is 0 Å². The summed E-state index contributed by atoms with van der Waals surface area (Å²) in [5, 5.41) is 0.576. The highest BCUT2D eigenvalue weighted by Crippen LogP contribution is 2.43. The van der Waals surface area contributed by atoms with Gasteiger partial charge in [0.25, 0.3) is 0 Å². The van der Waals surface area contributed by atoms with E-state index in [-0.39, 0.29) is 0 Å². The van der Waals surface area contributed by atoms with Crippen LogP contribution in [0.3, 0.4) is 0 Å². The van der Waals surface area contributed by atoms with Crippen molar-refractivity contribution in [2.24, 2.45) is 0 Å². The van der Waals surface area contributed by atoms with Crippen LogP contribution in [0.4, 0.5) is 11.4 Å². The van der Waals surface area contributed by atoms with Crippen molar-refractivity contribution >= 4 is 23.3 Å². The summed E-state index contributed by atoms with van der Waals surface area (Å²) in [5.41, 5.74) is 3.99. The van der Waals surface area contributed by atoms with Gasteiger partial charge in [-0.15, -0.1) is 6.58 Å². The minimum absolute atomic E-state index is 0.576. The van der Waals surface area contributed by atoms with Gasteiger partial charge in [0.2, 0.25) is 0 Å². The van der Waals surface area contributed by atoms with Crippen molar-refractivity contribution in [1.82, 2.24) is 0 Å². The highest BCUT2D eigenvalue weighted by atomic mass is 32.2. The van der Waals surface area contributed by atoms with Crippen molar-refractivity contribution in [2.45, 2.75) is 18.1 Å². The first-order valence-electron chi connectivity index (χ1n) is 6.59. The number of allylic oxidation sites excluding steroid dienone is 1. The Labute approximate surface area is 119 Å². The Balaban J connectivity index is 2.00. The summed E-state index contributed by atoms with van der Waals surface area (Å²) in [7, 11) is 0. The zero-order chi connectivity index (χ0) is 13.1. The van der Waals surface area contributed by atoms with Crippen LogP contribution in [0.5, 0.6) is 0 Å². The van der Waals surface area contributed by atoms with Gasteiger partial charge in [0, 0.05) is 5.25 Å². The quantitative estimate of drug-likeness (QED) is 0.570. The van der Waals surface area contributed by atoms with E-state index in [1.165, 1.54) is 16.9 Å². The van der Waals surface area contributed by atoms with Crippen LogP contribution in [0.25, 0.3) is 0 Å². The molecule has 0 fully saturated rings. The van der Waals surface area contributed by atoms with Crippen LogP contribution in [-0.2, 0) is 6.42 Å². The van der Waals surface area contributed by atoms with Crippen LogP contribution in [-0.4, -0.2) is 5.25 Å². The molecular formula is C17H17NS. The normalized spacial score (nSPS) is 17.9. The number of hydrogen-bond acceptors (Lipinski definition) is 2. The zero-order valence-electron chi connectivity index (χ0n) is 10.8. The molecule has 0 saturated heterocycles. The third-order valence-electron chi connectivity index (χ3n) is 3.33. The maximum absolute atomic E-state index is 3.88. The molecule has 1 nitrogen and oxygen atoms in total. The maximum Gasteiger partial charge on any atom is 0.0557 e. The van der Waals surface area contributed by atoms with Gasteiger partial charge in [-0.05, 0) is 48.6 Å². The lowest BCUT2D eigenvalue weighted by Gasteiger charge is -2.34. The number of rotatable bonds is 3. The monoisotopic (exact) mass is 267 g/mol. The standard InChI is InChI=1S/C17H17NS/c1-2-8-16-13-14-9-6-7-12-17(14)18(19-16)15-10-4-3-5-11-15/h2-7,9-12,16H,1,8,13H2/t16-/m0/s1.